The first-order valence-corrected chi connectivity index (χ1v) is 10.6. The Balaban J connectivity index is 1.86. The van der Waals surface area contributed by atoms with Crippen molar-refractivity contribution in [2.45, 2.75) is 6.61 Å². The van der Waals surface area contributed by atoms with E-state index in [0.29, 0.717) is 25.8 Å². The number of nitrogens with one attached hydrogen (secondary N) is 1. The van der Waals surface area contributed by atoms with Gasteiger partial charge in [0, 0.05) is 17.1 Å². The fourth-order valence-corrected chi connectivity index (χ4v) is 4.15. The average Bonchev–Trinajstić information content (AvgIpc) is 2.69. The molecule has 5 nitrogen and oxygen atoms in total. The highest BCUT2D eigenvalue weighted by molar-refractivity contribution is 9.10. The van der Waals surface area contributed by atoms with Crippen molar-refractivity contribution >= 4 is 74.4 Å². The van der Waals surface area contributed by atoms with E-state index >= 15 is 0 Å². The number of rotatable bonds is 6. The summed E-state index contributed by atoms with van der Waals surface area (Å²) >= 11 is 21.0. The van der Waals surface area contributed by atoms with Crippen molar-refractivity contribution in [3.63, 3.8) is 0 Å². The van der Waals surface area contributed by atoms with Gasteiger partial charge < -0.3 is 4.74 Å². The quantitative estimate of drug-likeness (QED) is 0.245. The predicted octanol–water partition coefficient (Wildman–Crippen LogP) is 5.15. The molecule has 1 N–H and O–H groups in total. The highest BCUT2D eigenvalue weighted by atomic mass is 79.9. The zero-order valence-electron chi connectivity index (χ0n) is 15.5. The Labute approximate surface area is 197 Å². The molecule has 2 amide bonds. The van der Waals surface area contributed by atoms with Crippen molar-refractivity contribution in [2.75, 3.05) is 6.54 Å². The van der Waals surface area contributed by atoms with E-state index in [1.54, 1.807) is 18.2 Å². The summed E-state index contributed by atoms with van der Waals surface area (Å²) in [6.07, 6.45) is 2.97. The minimum atomic E-state index is -0.573. The van der Waals surface area contributed by atoms with E-state index in [4.69, 9.17) is 40.2 Å². The van der Waals surface area contributed by atoms with Gasteiger partial charge in [-0.3, -0.25) is 19.8 Å². The van der Waals surface area contributed by atoms with Gasteiger partial charge in [-0.2, -0.15) is 0 Å². The molecule has 0 saturated carbocycles. The van der Waals surface area contributed by atoms with Gasteiger partial charge in [0.15, 0.2) is 10.9 Å². The van der Waals surface area contributed by atoms with Crippen LogP contribution < -0.4 is 10.1 Å². The zero-order valence-corrected chi connectivity index (χ0v) is 19.4. The van der Waals surface area contributed by atoms with Gasteiger partial charge in [0.1, 0.15) is 12.2 Å². The van der Waals surface area contributed by atoms with Crippen molar-refractivity contribution in [3.05, 3.63) is 80.3 Å². The molecule has 2 aromatic rings. The van der Waals surface area contributed by atoms with E-state index in [-0.39, 0.29) is 23.8 Å². The first-order valence-electron chi connectivity index (χ1n) is 8.67. The van der Waals surface area contributed by atoms with Gasteiger partial charge in [-0.05, 0) is 58.0 Å². The molecular weight excluding hydrogens is 511 g/mol. The third-order valence-corrected chi connectivity index (χ3v) is 5.72. The third-order valence-electron chi connectivity index (χ3n) is 4.16. The second-order valence-electron chi connectivity index (χ2n) is 6.22. The molecule has 0 unspecified atom stereocenters. The molecule has 0 aliphatic carbocycles. The lowest BCUT2D eigenvalue weighted by atomic mass is 10.1. The lowest BCUT2D eigenvalue weighted by molar-refractivity contribution is -0.128. The molecular formula is C21H15BrCl2N2O3S. The Morgan fingerprint density at radius 3 is 2.60 bits per heavy atom. The van der Waals surface area contributed by atoms with Crippen LogP contribution in [0, 0.1) is 0 Å². The normalized spacial score (nSPS) is 15.4. The molecule has 1 aliphatic heterocycles. The molecule has 0 radical (unpaired) electrons. The lowest BCUT2D eigenvalue weighted by Crippen LogP contribution is -2.53. The maximum atomic E-state index is 12.6. The van der Waals surface area contributed by atoms with Gasteiger partial charge in [-0.15, -0.1) is 6.58 Å². The number of thiocarbonyl (C=S) groups is 1. The summed E-state index contributed by atoms with van der Waals surface area (Å²) in [5.74, 6) is -0.654. The number of carbonyl (C=O) groups excluding carboxylic acids is 2. The first-order chi connectivity index (χ1) is 14.3. The molecule has 0 spiro atoms. The van der Waals surface area contributed by atoms with Crippen LogP contribution in [0.1, 0.15) is 11.1 Å². The molecule has 0 atom stereocenters. The molecule has 154 valence electrons. The van der Waals surface area contributed by atoms with Gasteiger partial charge in [-0.1, -0.05) is 47.5 Å². The second kappa shape index (κ2) is 9.75. The summed E-state index contributed by atoms with van der Waals surface area (Å²) in [7, 11) is 0. The standard InChI is InChI=1S/C21H15BrCl2N2O3S/c1-2-7-26-20(28)14(19(27)25-21(26)30)8-12-9-15(22)18(17(24)10-12)29-11-13-5-3-4-6-16(13)23/h2-6,8-10H,1,7,11H2,(H,25,27,30)/b14-8+. The number of benzene rings is 2. The van der Waals surface area contributed by atoms with Crippen LogP contribution in [-0.4, -0.2) is 28.4 Å². The Bertz CT molecular complexity index is 1060. The number of amides is 2. The Kier molecular flexibility index (Phi) is 7.31. The van der Waals surface area contributed by atoms with E-state index in [2.05, 4.69) is 27.8 Å². The molecule has 1 aliphatic rings. The smallest absolute Gasteiger partial charge is 0.265 e. The zero-order chi connectivity index (χ0) is 21.8. The average molecular weight is 526 g/mol. The van der Waals surface area contributed by atoms with Crippen LogP contribution in [0.5, 0.6) is 5.75 Å². The SMILES string of the molecule is C=CCN1C(=O)/C(=C/c2cc(Cl)c(OCc3ccccc3Cl)c(Br)c2)C(=O)NC1=S. The van der Waals surface area contributed by atoms with Crippen LogP contribution in [0.3, 0.4) is 0 Å². The summed E-state index contributed by atoms with van der Waals surface area (Å²) in [4.78, 5) is 26.2. The molecule has 0 aromatic heterocycles. The Hall–Kier alpha value is -2.19. The number of nitrogens with zero attached hydrogens (tertiary/aromatic N) is 1. The second-order valence-corrected chi connectivity index (χ2v) is 8.27. The highest BCUT2D eigenvalue weighted by Crippen LogP contribution is 2.36. The van der Waals surface area contributed by atoms with Crippen molar-refractivity contribution < 1.29 is 14.3 Å². The van der Waals surface area contributed by atoms with E-state index < -0.39 is 11.8 Å². The number of carbonyl (C=O) groups is 2. The maximum absolute atomic E-state index is 12.6. The van der Waals surface area contributed by atoms with Crippen LogP contribution >= 0.6 is 51.3 Å². The highest BCUT2D eigenvalue weighted by Gasteiger charge is 2.32. The monoisotopic (exact) mass is 524 g/mol. The van der Waals surface area contributed by atoms with E-state index in [1.807, 2.05) is 18.2 Å². The van der Waals surface area contributed by atoms with Gasteiger partial charge in [0.2, 0.25) is 0 Å². The van der Waals surface area contributed by atoms with E-state index in [9.17, 15) is 9.59 Å². The van der Waals surface area contributed by atoms with Crippen molar-refractivity contribution in [1.29, 1.82) is 0 Å². The van der Waals surface area contributed by atoms with Crippen LogP contribution in [0.2, 0.25) is 10.0 Å². The van der Waals surface area contributed by atoms with Crippen molar-refractivity contribution in [3.8, 4) is 5.75 Å². The molecule has 2 aromatic carbocycles. The van der Waals surface area contributed by atoms with Crippen LogP contribution in [0.25, 0.3) is 6.08 Å². The number of hydrogen-bond acceptors (Lipinski definition) is 4. The lowest BCUT2D eigenvalue weighted by Gasteiger charge is -2.27. The summed E-state index contributed by atoms with van der Waals surface area (Å²) in [6, 6.07) is 10.6. The molecule has 1 heterocycles. The topological polar surface area (TPSA) is 58.6 Å². The molecule has 1 fully saturated rings. The number of ether oxygens (including phenoxy) is 1. The number of halogens is 3. The first kappa shape index (κ1) is 22.5. The summed E-state index contributed by atoms with van der Waals surface area (Å²) in [5, 5.41) is 3.45. The minimum absolute atomic E-state index is 0.0459. The summed E-state index contributed by atoms with van der Waals surface area (Å²) in [6.45, 7) is 4.02. The summed E-state index contributed by atoms with van der Waals surface area (Å²) in [5.41, 5.74) is 1.30. The van der Waals surface area contributed by atoms with E-state index in [1.165, 1.54) is 17.1 Å². The van der Waals surface area contributed by atoms with Crippen molar-refractivity contribution in [2.24, 2.45) is 0 Å². The fraction of sp³-hybridized carbons (Fsp3) is 0.0952. The molecule has 3 rings (SSSR count). The fourth-order valence-electron chi connectivity index (χ4n) is 2.72. The number of hydrogen-bond donors (Lipinski definition) is 1. The molecule has 9 heteroatoms. The largest absolute Gasteiger partial charge is 0.486 e. The molecule has 1 saturated heterocycles. The molecule has 30 heavy (non-hydrogen) atoms. The van der Waals surface area contributed by atoms with Gasteiger partial charge in [-0.25, -0.2) is 0 Å². The summed E-state index contributed by atoms with van der Waals surface area (Å²) < 4.78 is 6.38. The minimum Gasteiger partial charge on any atom is -0.486 e. The van der Waals surface area contributed by atoms with Crippen molar-refractivity contribution in [1.82, 2.24) is 10.2 Å². The van der Waals surface area contributed by atoms with Gasteiger partial charge in [0.05, 0.1) is 9.50 Å². The van der Waals surface area contributed by atoms with Crippen LogP contribution in [0.4, 0.5) is 0 Å². The molecule has 0 bridgehead atoms. The van der Waals surface area contributed by atoms with E-state index in [0.717, 1.165) is 5.56 Å². The van der Waals surface area contributed by atoms with Gasteiger partial charge in [0.25, 0.3) is 11.8 Å². The maximum Gasteiger partial charge on any atom is 0.265 e. The van der Waals surface area contributed by atoms with Gasteiger partial charge >= 0.3 is 0 Å². The Morgan fingerprint density at radius 2 is 1.93 bits per heavy atom. The van der Waals surface area contributed by atoms with Crippen LogP contribution in [-0.2, 0) is 16.2 Å². The third kappa shape index (κ3) is 4.92. The van der Waals surface area contributed by atoms with Crippen LogP contribution in [0.15, 0.2) is 59.1 Å². The predicted molar refractivity (Wildman–Crippen MR) is 126 cm³/mol. The Morgan fingerprint density at radius 1 is 1.20 bits per heavy atom.